The number of aryl methyl sites for hydroxylation is 1. The van der Waals surface area contributed by atoms with E-state index in [0.717, 1.165) is 36.9 Å². The fourth-order valence-corrected chi connectivity index (χ4v) is 3.92. The Balaban J connectivity index is 0.000000203. The molecule has 4 rings (SSSR count). The third-order valence-corrected chi connectivity index (χ3v) is 5.71. The molecule has 1 aliphatic heterocycles. The van der Waals surface area contributed by atoms with Crippen LogP contribution in [-0.2, 0) is 13.1 Å². The molecule has 1 aliphatic rings. The largest absolute Gasteiger partial charge is 0.486 e. The van der Waals surface area contributed by atoms with Crippen LogP contribution in [-0.4, -0.2) is 40.0 Å². The number of nitrogens with zero attached hydrogens (tertiary/aromatic N) is 3. The Bertz CT molecular complexity index is 1160. The predicted molar refractivity (Wildman–Crippen MR) is 132 cm³/mol. The number of pyridine rings is 3. The monoisotopic (exact) mass is 488 g/mol. The number of nitrogens with one attached hydrogen (secondary N) is 1. The fourth-order valence-electron chi connectivity index (χ4n) is 3.92. The molecule has 2 unspecified atom stereocenters. The summed E-state index contributed by atoms with van der Waals surface area (Å²) in [5.41, 5.74) is 1.93. The second-order valence-electron chi connectivity index (χ2n) is 8.40. The zero-order chi connectivity index (χ0) is 25.2. The molecule has 0 amide bonds. The summed E-state index contributed by atoms with van der Waals surface area (Å²) in [5.74, 6) is 0.988. The first-order valence-electron chi connectivity index (χ1n) is 12.2. The van der Waals surface area contributed by atoms with E-state index in [0.29, 0.717) is 49.5 Å². The van der Waals surface area contributed by atoms with Crippen molar-refractivity contribution in [1.29, 1.82) is 0 Å². The van der Waals surface area contributed by atoms with Crippen molar-refractivity contribution in [2.75, 3.05) is 13.2 Å². The number of fused-ring (bicyclic) bond motifs is 2. The molecule has 9 heteroatoms. The highest BCUT2D eigenvalue weighted by Crippen LogP contribution is 2.29. The van der Waals surface area contributed by atoms with Crippen LogP contribution in [0.25, 0.3) is 11.0 Å². The van der Waals surface area contributed by atoms with Gasteiger partial charge in [0.25, 0.3) is 5.56 Å². The van der Waals surface area contributed by atoms with Crippen molar-refractivity contribution in [3.8, 4) is 11.5 Å². The quantitative estimate of drug-likeness (QED) is 0.466. The lowest BCUT2D eigenvalue weighted by atomic mass is 10.0. The van der Waals surface area contributed by atoms with Gasteiger partial charge in [0, 0.05) is 37.3 Å². The van der Waals surface area contributed by atoms with Crippen molar-refractivity contribution in [1.82, 2.24) is 19.9 Å². The Labute approximate surface area is 204 Å². The molecule has 2 atom stereocenters. The molecule has 7 nitrogen and oxygen atoms in total. The average molecular weight is 489 g/mol. The molecular formula is C26H34F2N4O3. The molecule has 0 saturated carbocycles. The van der Waals surface area contributed by atoms with E-state index in [1.807, 2.05) is 19.9 Å². The summed E-state index contributed by atoms with van der Waals surface area (Å²) < 4.78 is 39.3. The Hall–Kier alpha value is -3.07. The SMILES string of the molecule is CCCC(NCc1cc2c(cn1)OCCO2)C(F)CC.CCCn1c(=O)ccc2ncc(F)cc21. The summed E-state index contributed by atoms with van der Waals surface area (Å²) in [4.78, 5) is 19.8. The third kappa shape index (κ3) is 7.21. The van der Waals surface area contributed by atoms with Crippen molar-refractivity contribution in [3.63, 3.8) is 0 Å². The second kappa shape index (κ2) is 13.1. The third-order valence-electron chi connectivity index (χ3n) is 5.71. The molecule has 0 aromatic carbocycles. The first kappa shape index (κ1) is 26.5. The predicted octanol–water partition coefficient (Wildman–Crippen LogP) is 4.80. The lowest BCUT2D eigenvalue weighted by Gasteiger charge is -2.22. The summed E-state index contributed by atoms with van der Waals surface area (Å²) in [6, 6.07) is 6.18. The van der Waals surface area contributed by atoms with E-state index in [1.165, 1.54) is 12.1 Å². The highest BCUT2D eigenvalue weighted by Gasteiger charge is 2.19. The highest BCUT2D eigenvalue weighted by molar-refractivity contribution is 5.74. The van der Waals surface area contributed by atoms with Crippen LogP contribution in [0.3, 0.4) is 0 Å². The van der Waals surface area contributed by atoms with Gasteiger partial charge in [0.2, 0.25) is 0 Å². The van der Waals surface area contributed by atoms with Crippen LogP contribution in [0.1, 0.15) is 52.1 Å². The molecule has 0 saturated heterocycles. The Morgan fingerprint density at radius 1 is 1.06 bits per heavy atom. The minimum Gasteiger partial charge on any atom is -0.486 e. The van der Waals surface area contributed by atoms with Gasteiger partial charge in [-0.15, -0.1) is 0 Å². The van der Waals surface area contributed by atoms with Crippen molar-refractivity contribution >= 4 is 11.0 Å². The zero-order valence-corrected chi connectivity index (χ0v) is 20.6. The van der Waals surface area contributed by atoms with Gasteiger partial charge < -0.3 is 19.4 Å². The number of hydrogen-bond acceptors (Lipinski definition) is 6. The van der Waals surface area contributed by atoms with E-state index in [-0.39, 0.29) is 11.6 Å². The molecule has 0 bridgehead atoms. The molecule has 1 N–H and O–H groups in total. The lowest BCUT2D eigenvalue weighted by Crippen LogP contribution is -2.37. The van der Waals surface area contributed by atoms with Crippen molar-refractivity contribution in [2.24, 2.45) is 0 Å². The van der Waals surface area contributed by atoms with Gasteiger partial charge in [-0.25, -0.2) is 8.78 Å². The number of aromatic nitrogens is 3. The summed E-state index contributed by atoms with van der Waals surface area (Å²) in [6.45, 7) is 8.16. The van der Waals surface area contributed by atoms with E-state index in [1.54, 1.807) is 16.8 Å². The Kier molecular flexibility index (Phi) is 9.96. The van der Waals surface area contributed by atoms with Gasteiger partial charge in [-0.05, 0) is 25.3 Å². The summed E-state index contributed by atoms with van der Waals surface area (Å²) in [7, 11) is 0. The highest BCUT2D eigenvalue weighted by atomic mass is 19.1. The van der Waals surface area contributed by atoms with Gasteiger partial charge in [0.1, 0.15) is 25.2 Å². The van der Waals surface area contributed by atoms with Crippen LogP contribution in [0.4, 0.5) is 8.78 Å². The van der Waals surface area contributed by atoms with Gasteiger partial charge in [-0.1, -0.05) is 27.2 Å². The maximum absolute atomic E-state index is 13.8. The van der Waals surface area contributed by atoms with E-state index in [2.05, 4.69) is 22.2 Å². The maximum Gasteiger partial charge on any atom is 0.251 e. The summed E-state index contributed by atoms with van der Waals surface area (Å²) >= 11 is 0. The van der Waals surface area contributed by atoms with Crippen molar-refractivity contribution < 1.29 is 18.3 Å². The van der Waals surface area contributed by atoms with E-state index in [4.69, 9.17) is 9.47 Å². The van der Waals surface area contributed by atoms with Gasteiger partial charge in [0.15, 0.2) is 11.5 Å². The second-order valence-corrected chi connectivity index (χ2v) is 8.40. The van der Waals surface area contributed by atoms with Crippen molar-refractivity contribution in [3.05, 3.63) is 58.5 Å². The average Bonchev–Trinajstić information content (AvgIpc) is 2.88. The molecule has 3 aromatic heterocycles. The van der Waals surface area contributed by atoms with Crippen molar-refractivity contribution in [2.45, 2.75) is 71.8 Å². The summed E-state index contributed by atoms with van der Waals surface area (Å²) in [6.07, 6.45) is 5.18. The molecule has 35 heavy (non-hydrogen) atoms. The Morgan fingerprint density at radius 2 is 1.83 bits per heavy atom. The van der Waals surface area contributed by atoms with E-state index >= 15 is 0 Å². The van der Waals surface area contributed by atoms with Gasteiger partial charge in [-0.3, -0.25) is 14.8 Å². The number of halogens is 2. The Morgan fingerprint density at radius 3 is 2.54 bits per heavy atom. The topological polar surface area (TPSA) is 78.3 Å². The van der Waals surface area contributed by atoms with Crippen LogP contribution in [0.5, 0.6) is 11.5 Å². The van der Waals surface area contributed by atoms with Crippen LogP contribution < -0.4 is 20.3 Å². The molecule has 0 fully saturated rings. The van der Waals surface area contributed by atoms with Crippen LogP contribution >= 0.6 is 0 Å². The maximum atomic E-state index is 13.8. The fraction of sp³-hybridized carbons (Fsp3) is 0.500. The van der Waals surface area contributed by atoms with Crippen LogP contribution in [0.15, 0.2) is 41.5 Å². The van der Waals surface area contributed by atoms with Crippen LogP contribution in [0.2, 0.25) is 0 Å². The molecule has 0 radical (unpaired) electrons. The lowest BCUT2D eigenvalue weighted by molar-refractivity contribution is 0.170. The van der Waals surface area contributed by atoms with E-state index < -0.39 is 12.0 Å². The number of rotatable bonds is 9. The minimum absolute atomic E-state index is 0.111. The summed E-state index contributed by atoms with van der Waals surface area (Å²) in [5, 5.41) is 3.26. The molecular weight excluding hydrogens is 454 g/mol. The number of hydrogen-bond donors (Lipinski definition) is 1. The zero-order valence-electron chi connectivity index (χ0n) is 20.6. The first-order chi connectivity index (χ1) is 17.0. The van der Waals surface area contributed by atoms with Gasteiger partial charge in [0.05, 0.1) is 29.1 Å². The van der Waals surface area contributed by atoms with Gasteiger partial charge in [-0.2, -0.15) is 0 Å². The van der Waals surface area contributed by atoms with E-state index in [9.17, 15) is 13.6 Å². The standard InChI is InChI=1S/C15H23FN2O2.C11H11FN2O/c1-3-5-13(12(16)4-2)18-9-11-8-14-15(10-17-11)20-7-6-19-14;1-2-5-14-10-6-8(12)7-13-9(10)3-4-11(14)15/h8,10,12-13,18H,3-7,9H2,1-2H3;3-4,6-7H,2,5H2,1H3. The molecule has 0 spiro atoms. The van der Waals surface area contributed by atoms with Crippen LogP contribution in [0, 0.1) is 5.82 Å². The molecule has 3 aromatic rings. The smallest absolute Gasteiger partial charge is 0.251 e. The normalized spacial score (nSPS) is 14.2. The molecule has 4 heterocycles. The van der Waals surface area contributed by atoms with Gasteiger partial charge >= 0.3 is 0 Å². The number of alkyl halides is 1. The number of ether oxygens (including phenoxy) is 2. The first-order valence-corrected chi connectivity index (χ1v) is 12.2. The minimum atomic E-state index is -0.813. The molecule has 0 aliphatic carbocycles. The molecule has 190 valence electrons.